The van der Waals surface area contributed by atoms with E-state index < -0.39 is 0 Å². The summed E-state index contributed by atoms with van der Waals surface area (Å²) in [5, 5.41) is 7.47. The molecule has 1 aliphatic rings. The lowest BCUT2D eigenvalue weighted by atomic mass is 10.0. The summed E-state index contributed by atoms with van der Waals surface area (Å²) in [7, 11) is 0. The SMILES string of the molecule is O=C(C=Cc1cnccc1-c1cnn(CCc2ccccc2)c1)Nc1ccc(CN2CCOCC2)cc1. The van der Waals surface area contributed by atoms with Crippen LogP contribution in [-0.2, 0) is 29.0 Å². The number of aryl methyl sites for hydroxylation is 2. The molecular weight excluding hydrogens is 462 g/mol. The smallest absolute Gasteiger partial charge is 0.248 e. The molecule has 3 heterocycles. The maximum absolute atomic E-state index is 12.6. The van der Waals surface area contributed by atoms with Gasteiger partial charge < -0.3 is 10.1 Å². The first kappa shape index (κ1) is 24.6. The Balaban J connectivity index is 1.18. The molecule has 37 heavy (non-hydrogen) atoms. The Kier molecular flexibility index (Phi) is 8.15. The zero-order valence-electron chi connectivity index (χ0n) is 20.8. The molecule has 4 aromatic rings. The second-order valence-electron chi connectivity index (χ2n) is 9.10. The normalized spacial score (nSPS) is 14.2. The number of carbonyl (C=O) groups is 1. The Morgan fingerprint density at radius 3 is 2.59 bits per heavy atom. The highest BCUT2D eigenvalue weighted by Gasteiger charge is 2.11. The summed E-state index contributed by atoms with van der Waals surface area (Å²) in [6, 6.07) is 20.3. The number of nitrogens with one attached hydrogen (secondary N) is 1. The van der Waals surface area contributed by atoms with Gasteiger partial charge >= 0.3 is 0 Å². The van der Waals surface area contributed by atoms with Gasteiger partial charge in [-0.3, -0.25) is 19.4 Å². The van der Waals surface area contributed by atoms with E-state index in [2.05, 4.69) is 56.7 Å². The van der Waals surface area contributed by atoms with E-state index >= 15 is 0 Å². The van der Waals surface area contributed by atoms with Gasteiger partial charge in [0, 0.05) is 67.7 Å². The van der Waals surface area contributed by atoms with E-state index in [1.165, 1.54) is 11.1 Å². The molecule has 0 unspecified atom stereocenters. The number of amides is 1. The van der Waals surface area contributed by atoms with E-state index in [1.54, 1.807) is 24.5 Å². The molecule has 188 valence electrons. The van der Waals surface area contributed by atoms with Crippen LogP contribution < -0.4 is 5.32 Å². The van der Waals surface area contributed by atoms with Crippen molar-refractivity contribution in [1.82, 2.24) is 19.7 Å². The van der Waals surface area contributed by atoms with E-state index in [4.69, 9.17) is 4.74 Å². The highest BCUT2D eigenvalue weighted by Crippen LogP contribution is 2.24. The molecule has 0 saturated carbocycles. The molecule has 1 fully saturated rings. The molecule has 1 N–H and O–H groups in total. The minimum absolute atomic E-state index is 0.186. The molecule has 0 atom stereocenters. The Morgan fingerprint density at radius 1 is 0.973 bits per heavy atom. The average Bonchev–Trinajstić information content (AvgIpc) is 3.42. The van der Waals surface area contributed by atoms with Gasteiger partial charge in [0.25, 0.3) is 0 Å². The van der Waals surface area contributed by atoms with Crippen molar-refractivity contribution >= 4 is 17.7 Å². The number of aromatic nitrogens is 3. The summed E-state index contributed by atoms with van der Waals surface area (Å²) in [6.45, 7) is 5.17. The fourth-order valence-electron chi connectivity index (χ4n) is 4.38. The molecule has 0 bridgehead atoms. The van der Waals surface area contributed by atoms with Gasteiger partial charge in [-0.05, 0) is 47.4 Å². The highest BCUT2D eigenvalue weighted by molar-refractivity contribution is 6.02. The minimum atomic E-state index is -0.186. The second kappa shape index (κ2) is 12.3. The fourth-order valence-corrected chi connectivity index (χ4v) is 4.38. The zero-order chi connectivity index (χ0) is 25.3. The molecule has 2 aromatic heterocycles. The first-order valence-corrected chi connectivity index (χ1v) is 12.6. The first-order chi connectivity index (χ1) is 18.2. The van der Waals surface area contributed by atoms with Gasteiger partial charge in [0.2, 0.25) is 5.91 Å². The summed E-state index contributed by atoms with van der Waals surface area (Å²) < 4.78 is 7.36. The Labute approximate surface area is 217 Å². The number of benzene rings is 2. The van der Waals surface area contributed by atoms with Crippen LogP contribution in [0.25, 0.3) is 17.2 Å². The van der Waals surface area contributed by atoms with Gasteiger partial charge in [0.1, 0.15) is 0 Å². The molecule has 5 rings (SSSR count). The van der Waals surface area contributed by atoms with Crippen LogP contribution in [0.3, 0.4) is 0 Å². The van der Waals surface area contributed by atoms with Crippen LogP contribution in [0.5, 0.6) is 0 Å². The van der Waals surface area contributed by atoms with Crippen molar-refractivity contribution in [1.29, 1.82) is 0 Å². The van der Waals surface area contributed by atoms with Crippen molar-refractivity contribution in [3.63, 3.8) is 0 Å². The predicted octanol–water partition coefficient (Wildman–Crippen LogP) is 4.67. The van der Waals surface area contributed by atoms with E-state index in [1.807, 2.05) is 41.3 Å². The zero-order valence-corrected chi connectivity index (χ0v) is 20.8. The molecule has 0 spiro atoms. The number of nitrogens with zero attached hydrogens (tertiary/aromatic N) is 4. The monoisotopic (exact) mass is 493 g/mol. The molecule has 0 aliphatic carbocycles. The van der Waals surface area contributed by atoms with Crippen LogP contribution >= 0.6 is 0 Å². The summed E-state index contributed by atoms with van der Waals surface area (Å²) in [5.41, 5.74) is 6.11. The maximum Gasteiger partial charge on any atom is 0.248 e. The van der Waals surface area contributed by atoms with E-state index in [9.17, 15) is 4.79 Å². The Bertz CT molecular complexity index is 1330. The minimum Gasteiger partial charge on any atom is -0.379 e. The van der Waals surface area contributed by atoms with Crippen molar-refractivity contribution in [2.75, 3.05) is 31.6 Å². The van der Waals surface area contributed by atoms with Crippen LogP contribution in [0.4, 0.5) is 5.69 Å². The molecule has 1 saturated heterocycles. The lowest BCUT2D eigenvalue weighted by Gasteiger charge is -2.26. The third kappa shape index (κ3) is 7.00. The van der Waals surface area contributed by atoms with Crippen molar-refractivity contribution in [3.05, 3.63) is 108 Å². The third-order valence-electron chi connectivity index (χ3n) is 6.41. The van der Waals surface area contributed by atoms with Crippen molar-refractivity contribution in [2.45, 2.75) is 19.5 Å². The lowest BCUT2D eigenvalue weighted by molar-refractivity contribution is -0.111. The number of hydrogen-bond donors (Lipinski definition) is 1. The Hall–Kier alpha value is -4.07. The van der Waals surface area contributed by atoms with E-state index in [0.717, 1.165) is 68.2 Å². The standard InChI is InChI=1S/C30H31N5O2/c36-30(33-28-9-6-25(7-10-28)22-34-16-18-37-19-17-34)11-8-26-20-31-14-12-29(26)27-21-32-35(23-27)15-13-24-4-2-1-3-5-24/h1-12,14,20-21,23H,13,15-19,22H2,(H,33,36). The van der Waals surface area contributed by atoms with Crippen LogP contribution in [-0.4, -0.2) is 51.9 Å². The Morgan fingerprint density at radius 2 is 1.78 bits per heavy atom. The summed E-state index contributed by atoms with van der Waals surface area (Å²) in [6.07, 6.45) is 11.7. The molecule has 2 aromatic carbocycles. The first-order valence-electron chi connectivity index (χ1n) is 12.6. The van der Waals surface area contributed by atoms with Gasteiger partial charge in [-0.25, -0.2) is 0 Å². The van der Waals surface area contributed by atoms with Crippen LogP contribution in [0.2, 0.25) is 0 Å². The topological polar surface area (TPSA) is 72.3 Å². The molecule has 7 heteroatoms. The summed E-state index contributed by atoms with van der Waals surface area (Å²) in [4.78, 5) is 19.2. The van der Waals surface area contributed by atoms with Gasteiger partial charge in [-0.1, -0.05) is 42.5 Å². The van der Waals surface area contributed by atoms with Crippen LogP contribution in [0, 0.1) is 0 Å². The van der Waals surface area contributed by atoms with Gasteiger partial charge in [0.15, 0.2) is 0 Å². The number of pyridine rings is 1. The van der Waals surface area contributed by atoms with Gasteiger partial charge in [-0.2, -0.15) is 5.10 Å². The molecule has 7 nitrogen and oxygen atoms in total. The lowest BCUT2D eigenvalue weighted by Crippen LogP contribution is -2.35. The quantitative estimate of drug-likeness (QED) is 0.343. The maximum atomic E-state index is 12.6. The number of rotatable bonds is 9. The van der Waals surface area contributed by atoms with Gasteiger partial charge in [0.05, 0.1) is 19.4 Å². The van der Waals surface area contributed by atoms with Crippen LogP contribution in [0.15, 0.2) is 91.5 Å². The fraction of sp³-hybridized carbons (Fsp3) is 0.233. The second-order valence-corrected chi connectivity index (χ2v) is 9.10. The van der Waals surface area contributed by atoms with Gasteiger partial charge in [-0.15, -0.1) is 0 Å². The molecule has 0 radical (unpaired) electrons. The number of hydrogen-bond acceptors (Lipinski definition) is 5. The van der Waals surface area contributed by atoms with Crippen molar-refractivity contribution < 1.29 is 9.53 Å². The predicted molar refractivity (Wildman–Crippen MR) is 146 cm³/mol. The molecule has 1 aliphatic heterocycles. The average molecular weight is 494 g/mol. The largest absolute Gasteiger partial charge is 0.379 e. The van der Waals surface area contributed by atoms with E-state index in [0.29, 0.717) is 0 Å². The van der Waals surface area contributed by atoms with Crippen molar-refractivity contribution in [3.8, 4) is 11.1 Å². The highest BCUT2D eigenvalue weighted by atomic mass is 16.5. The number of carbonyl (C=O) groups excluding carboxylic acids is 1. The third-order valence-corrected chi connectivity index (χ3v) is 6.41. The van der Waals surface area contributed by atoms with Crippen LogP contribution in [0.1, 0.15) is 16.7 Å². The number of anilines is 1. The molecular formula is C30H31N5O2. The number of morpholine rings is 1. The summed E-state index contributed by atoms with van der Waals surface area (Å²) >= 11 is 0. The number of ether oxygens (including phenoxy) is 1. The summed E-state index contributed by atoms with van der Waals surface area (Å²) in [5.74, 6) is -0.186. The molecule has 1 amide bonds. The van der Waals surface area contributed by atoms with E-state index in [-0.39, 0.29) is 5.91 Å². The van der Waals surface area contributed by atoms with Crippen molar-refractivity contribution in [2.24, 2.45) is 0 Å².